The molecule has 0 bridgehead atoms. The molecule has 17 heavy (non-hydrogen) atoms. The van der Waals surface area contributed by atoms with Crippen LogP contribution in [0.3, 0.4) is 0 Å². The van der Waals surface area contributed by atoms with E-state index in [9.17, 15) is 0 Å². The molecule has 0 atom stereocenters. The molecule has 0 unspecified atom stereocenters. The van der Waals surface area contributed by atoms with Gasteiger partial charge in [-0.25, -0.2) is 4.98 Å². The summed E-state index contributed by atoms with van der Waals surface area (Å²) in [6.45, 7) is 3.97. The Bertz CT molecular complexity index is 603. The van der Waals surface area contributed by atoms with Crippen LogP contribution in [-0.2, 0) is 0 Å². The van der Waals surface area contributed by atoms with Crippen molar-refractivity contribution < 1.29 is 0 Å². The number of aryl methyl sites for hydroxylation is 2. The number of allylic oxidation sites excluding steroid dienone is 1. The first-order valence-electron chi connectivity index (χ1n) is 5.30. The van der Waals surface area contributed by atoms with E-state index in [-0.39, 0.29) is 0 Å². The summed E-state index contributed by atoms with van der Waals surface area (Å²) in [5.74, 6) is 0. The maximum Gasteiger partial charge on any atom is 0.134 e. The number of nitriles is 1. The smallest absolute Gasteiger partial charge is 0.134 e. The third kappa shape index (κ3) is 2.80. The van der Waals surface area contributed by atoms with Gasteiger partial charge in [-0.2, -0.15) is 5.26 Å². The first-order valence-corrected chi connectivity index (χ1v) is 6.18. The normalized spacial score (nSPS) is 11.2. The Morgan fingerprint density at radius 2 is 2.24 bits per heavy atom. The van der Waals surface area contributed by atoms with E-state index in [0.717, 1.165) is 16.3 Å². The number of hydrogen-bond acceptors (Lipinski definition) is 3. The fourth-order valence-electron chi connectivity index (χ4n) is 1.55. The van der Waals surface area contributed by atoms with Crippen molar-refractivity contribution in [2.24, 2.45) is 0 Å². The minimum absolute atomic E-state index is 0.619. The van der Waals surface area contributed by atoms with Gasteiger partial charge in [0, 0.05) is 11.1 Å². The van der Waals surface area contributed by atoms with Gasteiger partial charge in [0.1, 0.15) is 11.1 Å². The highest BCUT2D eigenvalue weighted by Crippen LogP contribution is 2.21. The summed E-state index contributed by atoms with van der Waals surface area (Å²) >= 11 is 1.50. The van der Waals surface area contributed by atoms with Crippen LogP contribution < -0.4 is 0 Å². The van der Waals surface area contributed by atoms with E-state index < -0.39 is 0 Å². The topological polar surface area (TPSA) is 36.7 Å². The molecule has 1 aromatic heterocycles. The zero-order chi connectivity index (χ0) is 12.3. The van der Waals surface area contributed by atoms with Gasteiger partial charge in [0.05, 0.1) is 5.57 Å². The molecule has 0 amide bonds. The molecule has 0 saturated carbocycles. The molecule has 2 nitrogen and oxygen atoms in total. The summed E-state index contributed by atoms with van der Waals surface area (Å²) in [6.07, 6.45) is 1.88. The van der Waals surface area contributed by atoms with Crippen LogP contribution >= 0.6 is 11.3 Å². The van der Waals surface area contributed by atoms with Crippen molar-refractivity contribution in [3.63, 3.8) is 0 Å². The van der Waals surface area contributed by atoms with Gasteiger partial charge >= 0.3 is 0 Å². The van der Waals surface area contributed by atoms with E-state index in [1.807, 2.05) is 43.5 Å². The minimum Gasteiger partial charge on any atom is -0.241 e. The molecular weight excluding hydrogens is 228 g/mol. The molecule has 84 valence electrons. The Hall–Kier alpha value is -1.92. The van der Waals surface area contributed by atoms with Crippen LogP contribution in [0.15, 0.2) is 29.6 Å². The lowest BCUT2D eigenvalue weighted by atomic mass is 10.1. The highest BCUT2D eigenvalue weighted by Gasteiger charge is 2.05. The first kappa shape index (κ1) is 11.6. The third-order valence-corrected chi connectivity index (χ3v) is 3.32. The molecule has 0 aliphatic rings. The molecule has 0 aliphatic carbocycles. The van der Waals surface area contributed by atoms with Crippen molar-refractivity contribution in [1.29, 1.82) is 5.26 Å². The number of thiazole rings is 1. The average molecular weight is 240 g/mol. The molecule has 1 aromatic carbocycles. The van der Waals surface area contributed by atoms with E-state index in [2.05, 4.69) is 17.1 Å². The Balaban J connectivity index is 2.40. The second-order valence-corrected chi connectivity index (χ2v) is 4.74. The highest BCUT2D eigenvalue weighted by molar-refractivity contribution is 7.11. The summed E-state index contributed by atoms with van der Waals surface area (Å²) in [7, 11) is 0. The van der Waals surface area contributed by atoms with E-state index in [1.54, 1.807) is 0 Å². The van der Waals surface area contributed by atoms with Gasteiger partial charge in [-0.1, -0.05) is 29.8 Å². The molecular formula is C14H12N2S. The van der Waals surface area contributed by atoms with Crippen molar-refractivity contribution >= 4 is 23.0 Å². The molecule has 0 aliphatic heterocycles. The number of benzene rings is 1. The van der Waals surface area contributed by atoms with Crippen molar-refractivity contribution in [2.45, 2.75) is 13.8 Å². The third-order valence-electron chi connectivity index (χ3n) is 2.32. The Morgan fingerprint density at radius 3 is 2.82 bits per heavy atom. The summed E-state index contributed by atoms with van der Waals surface area (Å²) in [5, 5.41) is 11.9. The van der Waals surface area contributed by atoms with Crippen LogP contribution in [0.2, 0.25) is 0 Å². The Labute approximate surface area is 105 Å². The second kappa shape index (κ2) is 4.94. The van der Waals surface area contributed by atoms with Crippen molar-refractivity contribution in [3.8, 4) is 6.07 Å². The lowest BCUT2D eigenvalue weighted by molar-refractivity contribution is 1.25. The van der Waals surface area contributed by atoms with E-state index >= 15 is 0 Å². The molecule has 0 saturated heterocycles. The predicted molar refractivity (Wildman–Crippen MR) is 71.5 cm³/mol. The Kier molecular flexibility index (Phi) is 3.36. The summed E-state index contributed by atoms with van der Waals surface area (Å²) in [6, 6.07) is 10.3. The van der Waals surface area contributed by atoms with Gasteiger partial charge in [-0.15, -0.1) is 11.3 Å². The summed E-state index contributed by atoms with van der Waals surface area (Å²) < 4.78 is 0. The van der Waals surface area contributed by atoms with Gasteiger partial charge in [-0.3, -0.25) is 0 Å². The SMILES string of the molecule is Cc1cccc(/C=C(/C#N)c2nc(C)cs2)c1. The van der Waals surface area contributed by atoms with E-state index in [4.69, 9.17) is 5.26 Å². The highest BCUT2D eigenvalue weighted by atomic mass is 32.1. The summed E-state index contributed by atoms with van der Waals surface area (Å²) in [4.78, 5) is 4.33. The monoisotopic (exact) mass is 240 g/mol. The molecule has 0 spiro atoms. The molecule has 0 fully saturated rings. The van der Waals surface area contributed by atoms with Gasteiger partial charge in [-0.05, 0) is 25.5 Å². The van der Waals surface area contributed by atoms with Gasteiger partial charge in [0.15, 0.2) is 0 Å². The largest absolute Gasteiger partial charge is 0.241 e. The predicted octanol–water partition coefficient (Wildman–Crippen LogP) is 3.82. The van der Waals surface area contributed by atoms with E-state index in [1.165, 1.54) is 16.9 Å². The lowest BCUT2D eigenvalue weighted by Crippen LogP contribution is -1.82. The quantitative estimate of drug-likeness (QED) is 0.748. The van der Waals surface area contributed by atoms with Crippen molar-refractivity contribution in [1.82, 2.24) is 4.98 Å². The van der Waals surface area contributed by atoms with Crippen LogP contribution in [0, 0.1) is 25.2 Å². The van der Waals surface area contributed by atoms with Gasteiger partial charge in [0.2, 0.25) is 0 Å². The maximum atomic E-state index is 9.17. The molecule has 0 N–H and O–H groups in total. The molecule has 3 heteroatoms. The molecule has 0 radical (unpaired) electrons. The fraction of sp³-hybridized carbons (Fsp3) is 0.143. The molecule has 1 heterocycles. The van der Waals surface area contributed by atoms with Crippen molar-refractivity contribution in [2.75, 3.05) is 0 Å². The van der Waals surface area contributed by atoms with Crippen molar-refractivity contribution in [3.05, 3.63) is 51.5 Å². The summed E-state index contributed by atoms with van der Waals surface area (Å²) in [5.41, 5.74) is 3.80. The van der Waals surface area contributed by atoms with Gasteiger partial charge < -0.3 is 0 Å². The zero-order valence-electron chi connectivity index (χ0n) is 9.77. The number of nitrogens with zero attached hydrogens (tertiary/aromatic N) is 2. The lowest BCUT2D eigenvalue weighted by Gasteiger charge is -1.97. The molecule has 2 rings (SSSR count). The zero-order valence-corrected chi connectivity index (χ0v) is 10.6. The second-order valence-electron chi connectivity index (χ2n) is 3.88. The number of rotatable bonds is 2. The van der Waals surface area contributed by atoms with E-state index in [0.29, 0.717) is 5.57 Å². The first-order chi connectivity index (χ1) is 8.19. The fourth-order valence-corrected chi connectivity index (χ4v) is 2.31. The molecule has 2 aromatic rings. The standard InChI is InChI=1S/C14H12N2S/c1-10-4-3-5-12(6-10)7-13(8-15)14-16-11(2)9-17-14/h3-7,9H,1-2H3/b13-7-. The Morgan fingerprint density at radius 1 is 1.41 bits per heavy atom. The van der Waals surface area contributed by atoms with Crippen LogP contribution in [0.25, 0.3) is 11.6 Å². The van der Waals surface area contributed by atoms with Crippen LogP contribution in [0.5, 0.6) is 0 Å². The average Bonchev–Trinajstić information content (AvgIpc) is 2.73. The maximum absolute atomic E-state index is 9.17. The van der Waals surface area contributed by atoms with Crippen LogP contribution in [0.1, 0.15) is 21.8 Å². The minimum atomic E-state index is 0.619. The van der Waals surface area contributed by atoms with Gasteiger partial charge in [0.25, 0.3) is 0 Å². The number of aromatic nitrogens is 1. The number of hydrogen-bond donors (Lipinski definition) is 0. The van der Waals surface area contributed by atoms with Crippen LogP contribution in [0.4, 0.5) is 0 Å². The van der Waals surface area contributed by atoms with Crippen LogP contribution in [-0.4, -0.2) is 4.98 Å².